The average molecular weight is 353 g/mol. The number of hydrogen-bond acceptors (Lipinski definition) is 3. The van der Waals surface area contributed by atoms with Crippen LogP contribution in [0.15, 0.2) is 84.0 Å². The van der Waals surface area contributed by atoms with E-state index < -0.39 is 16.0 Å². The van der Waals surface area contributed by atoms with Gasteiger partial charge in [-0.05, 0) is 41.0 Å². The second-order valence-corrected chi connectivity index (χ2v) is 7.19. The first-order chi connectivity index (χ1) is 12.0. The molecule has 1 N–H and O–H groups in total. The summed E-state index contributed by atoms with van der Waals surface area (Å²) in [5.74, 6) is -1.09. The van der Waals surface area contributed by atoms with Crippen LogP contribution in [0.4, 0.5) is 0 Å². The van der Waals surface area contributed by atoms with Gasteiger partial charge in [0.05, 0.1) is 4.90 Å². The SMILES string of the molecule is O=C(O)/C=C/c1ccn(S(=O)(=O)c2cccc(-c3ccccc3)c2)c1. The van der Waals surface area contributed by atoms with Crippen molar-refractivity contribution in [1.29, 1.82) is 0 Å². The minimum absolute atomic E-state index is 0.165. The van der Waals surface area contributed by atoms with Gasteiger partial charge in [-0.2, -0.15) is 0 Å². The number of benzene rings is 2. The first-order valence-electron chi connectivity index (χ1n) is 7.47. The predicted octanol–water partition coefficient (Wildman–Crippen LogP) is 3.49. The summed E-state index contributed by atoms with van der Waals surface area (Å²) < 4.78 is 26.7. The largest absolute Gasteiger partial charge is 0.478 e. The first kappa shape index (κ1) is 16.7. The van der Waals surface area contributed by atoms with Crippen molar-refractivity contribution in [1.82, 2.24) is 3.97 Å². The minimum Gasteiger partial charge on any atom is -0.478 e. The molecule has 126 valence electrons. The van der Waals surface area contributed by atoms with Crippen molar-refractivity contribution < 1.29 is 18.3 Å². The predicted molar refractivity (Wildman–Crippen MR) is 95.6 cm³/mol. The molecule has 1 aromatic heterocycles. The van der Waals surface area contributed by atoms with Crippen LogP contribution < -0.4 is 0 Å². The zero-order valence-electron chi connectivity index (χ0n) is 13.1. The number of aromatic nitrogens is 1. The summed E-state index contributed by atoms with van der Waals surface area (Å²) in [7, 11) is -3.75. The zero-order valence-corrected chi connectivity index (χ0v) is 13.9. The summed E-state index contributed by atoms with van der Waals surface area (Å²) in [5.41, 5.74) is 2.22. The number of rotatable bonds is 5. The Kier molecular flexibility index (Phi) is 4.54. The van der Waals surface area contributed by atoms with Crippen molar-refractivity contribution in [3.8, 4) is 11.1 Å². The standard InChI is InChI=1S/C19H15NO4S/c21-19(22)10-9-15-11-12-20(14-15)25(23,24)18-8-4-7-17(13-18)16-5-2-1-3-6-16/h1-14H,(H,21,22)/b10-9+. The maximum Gasteiger partial charge on any atom is 0.328 e. The van der Waals surface area contributed by atoms with Gasteiger partial charge in [0.1, 0.15) is 0 Å². The van der Waals surface area contributed by atoms with Crippen molar-refractivity contribution in [2.75, 3.05) is 0 Å². The van der Waals surface area contributed by atoms with Gasteiger partial charge in [-0.15, -0.1) is 0 Å². The molecule has 0 unspecified atom stereocenters. The van der Waals surface area contributed by atoms with Crippen molar-refractivity contribution in [3.05, 3.63) is 84.7 Å². The molecule has 3 rings (SSSR count). The molecular weight excluding hydrogens is 338 g/mol. The van der Waals surface area contributed by atoms with Crippen LogP contribution in [0.3, 0.4) is 0 Å². The lowest BCUT2D eigenvalue weighted by atomic mass is 10.1. The van der Waals surface area contributed by atoms with Crippen LogP contribution in [0, 0.1) is 0 Å². The van der Waals surface area contributed by atoms with Gasteiger partial charge in [-0.1, -0.05) is 42.5 Å². The number of carboxylic acids is 1. The van der Waals surface area contributed by atoms with Crippen LogP contribution in [0.5, 0.6) is 0 Å². The quantitative estimate of drug-likeness (QED) is 0.713. The lowest BCUT2D eigenvalue weighted by molar-refractivity contribution is -0.131. The number of hydrogen-bond donors (Lipinski definition) is 1. The summed E-state index contributed by atoms with van der Waals surface area (Å²) in [4.78, 5) is 10.7. The highest BCUT2D eigenvalue weighted by Crippen LogP contribution is 2.24. The molecule has 0 bridgehead atoms. The van der Waals surface area contributed by atoms with Crippen molar-refractivity contribution in [2.45, 2.75) is 4.90 Å². The van der Waals surface area contributed by atoms with Crippen LogP contribution in [-0.2, 0) is 14.8 Å². The molecule has 0 fully saturated rings. The van der Waals surface area contributed by atoms with E-state index >= 15 is 0 Å². The Morgan fingerprint density at radius 2 is 1.68 bits per heavy atom. The molecule has 5 nitrogen and oxygen atoms in total. The molecule has 0 saturated heterocycles. The van der Waals surface area contributed by atoms with E-state index in [2.05, 4.69) is 0 Å². The molecule has 1 heterocycles. The fourth-order valence-corrected chi connectivity index (χ4v) is 3.65. The monoisotopic (exact) mass is 353 g/mol. The van der Waals surface area contributed by atoms with E-state index in [4.69, 9.17) is 5.11 Å². The summed E-state index contributed by atoms with van der Waals surface area (Å²) in [6, 6.07) is 17.8. The molecule has 6 heteroatoms. The Balaban J connectivity index is 1.97. The Morgan fingerprint density at radius 1 is 0.960 bits per heavy atom. The van der Waals surface area contributed by atoms with Crippen molar-refractivity contribution in [2.24, 2.45) is 0 Å². The van der Waals surface area contributed by atoms with Gasteiger partial charge >= 0.3 is 5.97 Å². The highest BCUT2D eigenvalue weighted by molar-refractivity contribution is 7.90. The van der Waals surface area contributed by atoms with Crippen LogP contribution in [0.25, 0.3) is 17.2 Å². The van der Waals surface area contributed by atoms with Crippen LogP contribution in [-0.4, -0.2) is 23.5 Å². The van der Waals surface area contributed by atoms with Gasteiger partial charge < -0.3 is 5.11 Å². The minimum atomic E-state index is -3.75. The van der Waals surface area contributed by atoms with E-state index in [-0.39, 0.29) is 4.90 Å². The van der Waals surface area contributed by atoms with E-state index in [0.29, 0.717) is 5.56 Å². The van der Waals surface area contributed by atoms with Gasteiger partial charge in [-0.25, -0.2) is 17.2 Å². The molecule has 0 aliphatic heterocycles. The second-order valence-electron chi connectivity index (χ2n) is 5.35. The van der Waals surface area contributed by atoms with Gasteiger partial charge in [0.15, 0.2) is 0 Å². The second kappa shape index (κ2) is 6.78. The number of aliphatic carboxylic acids is 1. The Bertz CT molecular complexity index is 1030. The fraction of sp³-hybridized carbons (Fsp3) is 0. The van der Waals surface area contributed by atoms with E-state index in [1.165, 1.54) is 30.6 Å². The third-order valence-corrected chi connectivity index (χ3v) is 5.26. The van der Waals surface area contributed by atoms with Gasteiger partial charge in [0.25, 0.3) is 10.0 Å². The first-order valence-corrected chi connectivity index (χ1v) is 8.91. The van der Waals surface area contributed by atoms with Crippen LogP contribution in [0.2, 0.25) is 0 Å². The normalized spacial score (nSPS) is 11.7. The van der Waals surface area contributed by atoms with E-state index in [9.17, 15) is 13.2 Å². The average Bonchev–Trinajstić information content (AvgIpc) is 3.11. The fourth-order valence-electron chi connectivity index (χ4n) is 2.40. The molecule has 25 heavy (non-hydrogen) atoms. The van der Waals surface area contributed by atoms with Crippen molar-refractivity contribution in [3.63, 3.8) is 0 Å². The molecule has 0 aliphatic carbocycles. The third-order valence-electron chi connectivity index (χ3n) is 3.63. The van der Waals surface area contributed by atoms with E-state index in [1.807, 2.05) is 36.4 Å². The van der Waals surface area contributed by atoms with E-state index in [0.717, 1.165) is 21.2 Å². The lowest BCUT2D eigenvalue weighted by Gasteiger charge is -2.08. The summed E-state index contributed by atoms with van der Waals surface area (Å²) in [6.45, 7) is 0. The number of carbonyl (C=O) groups is 1. The highest BCUT2D eigenvalue weighted by atomic mass is 32.2. The maximum absolute atomic E-state index is 12.8. The topological polar surface area (TPSA) is 76.4 Å². The summed E-state index contributed by atoms with van der Waals surface area (Å²) in [6.07, 6.45) is 5.08. The maximum atomic E-state index is 12.8. The van der Waals surface area contributed by atoms with Crippen LogP contribution >= 0.6 is 0 Å². The number of carboxylic acid groups (broad SMARTS) is 1. The summed E-state index contributed by atoms with van der Waals surface area (Å²) in [5, 5.41) is 8.65. The van der Waals surface area contributed by atoms with Crippen molar-refractivity contribution >= 4 is 22.1 Å². The highest BCUT2D eigenvalue weighted by Gasteiger charge is 2.17. The Hall–Kier alpha value is -3.12. The molecule has 0 radical (unpaired) electrons. The van der Waals surface area contributed by atoms with E-state index in [1.54, 1.807) is 12.1 Å². The van der Waals surface area contributed by atoms with Gasteiger partial charge in [-0.3, -0.25) is 0 Å². The van der Waals surface area contributed by atoms with Crippen LogP contribution in [0.1, 0.15) is 5.56 Å². The zero-order chi connectivity index (χ0) is 17.9. The molecule has 0 saturated carbocycles. The van der Waals surface area contributed by atoms with Gasteiger partial charge in [0, 0.05) is 18.5 Å². The van der Waals surface area contributed by atoms with Gasteiger partial charge in [0.2, 0.25) is 0 Å². The smallest absolute Gasteiger partial charge is 0.328 e. The number of nitrogens with zero attached hydrogens (tertiary/aromatic N) is 1. The Labute approximate surface area is 145 Å². The molecule has 0 amide bonds. The third kappa shape index (κ3) is 3.70. The molecule has 2 aromatic carbocycles. The molecule has 0 atom stereocenters. The molecule has 0 spiro atoms. The Morgan fingerprint density at radius 3 is 2.40 bits per heavy atom. The summed E-state index contributed by atoms with van der Waals surface area (Å²) >= 11 is 0. The lowest BCUT2D eigenvalue weighted by Crippen LogP contribution is -2.10. The molecular formula is C19H15NO4S. The molecule has 3 aromatic rings. The molecule has 0 aliphatic rings.